The van der Waals surface area contributed by atoms with Crippen LogP contribution in [0.15, 0.2) is 48.5 Å². The van der Waals surface area contributed by atoms with E-state index in [-0.39, 0.29) is 35.9 Å². The number of amides is 2. The first kappa shape index (κ1) is 27.7. The van der Waals surface area contributed by atoms with Crippen molar-refractivity contribution in [1.29, 1.82) is 5.41 Å². The number of nitrogen functional groups attached to an aromatic ring is 1. The maximum atomic E-state index is 13.2. The van der Waals surface area contributed by atoms with Gasteiger partial charge >= 0.3 is 0 Å². The van der Waals surface area contributed by atoms with Gasteiger partial charge in [0.15, 0.2) is 0 Å². The molecule has 1 atom stereocenters. The number of aliphatic hydroxyl groups excluding tert-OH is 1. The number of phenolic OH excluding ortho intramolecular Hbond substituents is 1. The first-order chi connectivity index (χ1) is 17.8. The third-order valence-corrected chi connectivity index (χ3v) is 6.40. The molecule has 8 nitrogen and oxygen atoms in total. The molecule has 0 saturated carbocycles. The van der Waals surface area contributed by atoms with Crippen molar-refractivity contribution in [3.63, 3.8) is 0 Å². The van der Waals surface area contributed by atoms with Crippen LogP contribution in [0.25, 0.3) is 0 Å². The highest BCUT2D eigenvalue weighted by Crippen LogP contribution is 2.34. The Labute approximate surface area is 221 Å². The Balaban J connectivity index is 1.92. The predicted molar refractivity (Wildman–Crippen MR) is 146 cm³/mol. The molecule has 0 radical (unpaired) electrons. The van der Waals surface area contributed by atoms with E-state index in [0.29, 0.717) is 41.6 Å². The smallest absolute Gasteiger partial charge is 0.256 e. The molecule has 0 spiro atoms. The second kappa shape index (κ2) is 12.9. The van der Waals surface area contributed by atoms with E-state index in [1.807, 2.05) is 37.3 Å². The number of aromatic hydroxyl groups is 1. The number of aliphatic hydroxyl groups is 1. The molecule has 3 aromatic carbocycles. The van der Waals surface area contributed by atoms with E-state index in [2.05, 4.69) is 10.6 Å². The summed E-state index contributed by atoms with van der Waals surface area (Å²) in [6, 6.07) is 14.1. The van der Waals surface area contributed by atoms with Crippen molar-refractivity contribution in [1.82, 2.24) is 10.6 Å². The van der Waals surface area contributed by atoms with Gasteiger partial charge in [-0.2, -0.15) is 0 Å². The number of nitrogens with one attached hydrogen (secondary N) is 3. The van der Waals surface area contributed by atoms with E-state index in [0.717, 1.165) is 16.7 Å². The van der Waals surface area contributed by atoms with Gasteiger partial charge in [-0.05, 0) is 55.0 Å². The molecule has 0 aromatic heterocycles. The third-order valence-electron chi connectivity index (χ3n) is 6.10. The van der Waals surface area contributed by atoms with Gasteiger partial charge in [0, 0.05) is 29.6 Å². The lowest BCUT2D eigenvalue weighted by molar-refractivity contribution is -0.109. The average molecular weight is 523 g/mol. The lowest BCUT2D eigenvalue weighted by Gasteiger charge is -2.20. The number of anilines is 1. The SMILES string of the molecule is Cc1cccc(C[C@@H](CO)NC(=O)c2c(Cl)cc(Cc3ccc(C=N)c(N)c3)c(CCNC=O)c2O)c1. The van der Waals surface area contributed by atoms with Gasteiger partial charge in [0.05, 0.1) is 23.2 Å². The van der Waals surface area contributed by atoms with Crippen LogP contribution >= 0.6 is 11.6 Å². The zero-order chi connectivity index (χ0) is 26.9. The minimum absolute atomic E-state index is 0.0634. The van der Waals surface area contributed by atoms with E-state index in [9.17, 15) is 19.8 Å². The first-order valence-electron chi connectivity index (χ1n) is 11.8. The van der Waals surface area contributed by atoms with Gasteiger partial charge in [0.1, 0.15) is 5.75 Å². The van der Waals surface area contributed by atoms with E-state index >= 15 is 0 Å². The van der Waals surface area contributed by atoms with Gasteiger partial charge in [-0.1, -0.05) is 53.6 Å². The van der Waals surface area contributed by atoms with Crippen LogP contribution < -0.4 is 16.4 Å². The second-order valence-electron chi connectivity index (χ2n) is 8.87. The molecule has 3 aromatic rings. The lowest BCUT2D eigenvalue weighted by atomic mass is 9.93. The Morgan fingerprint density at radius 2 is 1.97 bits per heavy atom. The minimum atomic E-state index is -0.607. The molecule has 0 saturated heterocycles. The van der Waals surface area contributed by atoms with Crippen LogP contribution in [0.2, 0.25) is 5.02 Å². The molecule has 0 bridgehead atoms. The summed E-state index contributed by atoms with van der Waals surface area (Å²) in [5.74, 6) is -0.881. The predicted octanol–water partition coefficient (Wildman–Crippen LogP) is 3.15. The highest BCUT2D eigenvalue weighted by molar-refractivity contribution is 6.34. The standard InChI is InChI=1S/C28H31ClN4O4/c1-17-3-2-4-18(9-17)11-22(15-34)33-28(37)26-24(29)13-21(23(27(26)36)7-8-32-16-35)10-19-5-6-20(14-30)25(31)12-19/h2-6,9,12-14,16,22,30,34,36H,7-8,10-11,15,31H2,1H3,(H,32,35)(H,33,37)/t22-/m0/s1. The van der Waals surface area contributed by atoms with Crippen molar-refractivity contribution < 1.29 is 19.8 Å². The van der Waals surface area contributed by atoms with Crippen LogP contribution in [0, 0.1) is 12.3 Å². The van der Waals surface area contributed by atoms with Gasteiger partial charge in [-0.15, -0.1) is 0 Å². The van der Waals surface area contributed by atoms with Gasteiger partial charge < -0.3 is 32.0 Å². The first-order valence-corrected chi connectivity index (χ1v) is 12.2. The second-order valence-corrected chi connectivity index (χ2v) is 9.28. The molecule has 0 fully saturated rings. The molecular weight excluding hydrogens is 492 g/mol. The number of phenols is 1. The van der Waals surface area contributed by atoms with Crippen LogP contribution in [0.1, 0.15) is 43.7 Å². The molecule has 37 heavy (non-hydrogen) atoms. The van der Waals surface area contributed by atoms with E-state index < -0.39 is 11.9 Å². The Bertz CT molecular complexity index is 1300. The molecule has 2 amide bonds. The molecule has 3 rings (SSSR count). The van der Waals surface area contributed by atoms with Gasteiger partial charge in [0.25, 0.3) is 5.91 Å². The number of rotatable bonds is 12. The average Bonchev–Trinajstić information content (AvgIpc) is 2.85. The highest BCUT2D eigenvalue weighted by atomic mass is 35.5. The largest absolute Gasteiger partial charge is 0.507 e. The van der Waals surface area contributed by atoms with Crippen molar-refractivity contribution in [2.75, 3.05) is 18.9 Å². The van der Waals surface area contributed by atoms with Crippen molar-refractivity contribution in [3.8, 4) is 5.75 Å². The van der Waals surface area contributed by atoms with Crippen LogP contribution in [0.5, 0.6) is 5.75 Å². The fourth-order valence-electron chi connectivity index (χ4n) is 4.27. The fraction of sp³-hybridized carbons (Fsp3) is 0.250. The molecular formula is C28H31ClN4O4. The van der Waals surface area contributed by atoms with Gasteiger partial charge in [-0.25, -0.2) is 0 Å². The Hall–Kier alpha value is -3.88. The summed E-state index contributed by atoms with van der Waals surface area (Å²) >= 11 is 6.51. The molecule has 0 aliphatic rings. The topological polar surface area (TPSA) is 149 Å². The Morgan fingerprint density at radius 3 is 2.62 bits per heavy atom. The molecule has 7 N–H and O–H groups in total. The number of benzene rings is 3. The summed E-state index contributed by atoms with van der Waals surface area (Å²) < 4.78 is 0. The summed E-state index contributed by atoms with van der Waals surface area (Å²) in [6.07, 6.45) is 2.76. The van der Waals surface area contributed by atoms with E-state index in [4.69, 9.17) is 22.7 Å². The molecule has 0 aliphatic carbocycles. The number of aryl methyl sites for hydroxylation is 1. The van der Waals surface area contributed by atoms with Gasteiger partial charge in [-0.3, -0.25) is 9.59 Å². The number of hydrogen-bond acceptors (Lipinski definition) is 6. The summed E-state index contributed by atoms with van der Waals surface area (Å²) in [5.41, 5.74) is 11.0. The normalized spacial score (nSPS) is 11.5. The molecule has 9 heteroatoms. The number of carbonyl (C=O) groups is 2. The molecule has 0 aliphatic heterocycles. The van der Waals surface area contributed by atoms with Crippen LogP contribution in [0.3, 0.4) is 0 Å². The zero-order valence-corrected chi connectivity index (χ0v) is 21.3. The lowest BCUT2D eigenvalue weighted by Crippen LogP contribution is -2.39. The van der Waals surface area contributed by atoms with E-state index in [1.165, 1.54) is 6.21 Å². The van der Waals surface area contributed by atoms with Crippen LogP contribution in [0.4, 0.5) is 5.69 Å². The van der Waals surface area contributed by atoms with Gasteiger partial charge in [0.2, 0.25) is 6.41 Å². The summed E-state index contributed by atoms with van der Waals surface area (Å²) in [6.45, 7) is 1.92. The molecule has 194 valence electrons. The van der Waals surface area contributed by atoms with Crippen LogP contribution in [-0.4, -0.2) is 47.9 Å². The quantitative estimate of drug-likeness (QED) is 0.0935. The summed E-state index contributed by atoms with van der Waals surface area (Å²) in [4.78, 5) is 24.0. The van der Waals surface area contributed by atoms with Crippen molar-refractivity contribution in [2.24, 2.45) is 0 Å². The maximum Gasteiger partial charge on any atom is 0.256 e. The third kappa shape index (κ3) is 7.09. The molecule has 0 unspecified atom stereocenters. The highest BCUT2D eigenvalue weighted by Gasteiger charge is 2.24. The molecule has 0 heterocycles. The fourth-order valence-corrected chi connectivity index (χ4v) is 4.57. The number of carbonyl (C=O) groups excluding carboxylic acids is 2. The van der Waals surface area contributed by atoms with Crippen LogP contribution in [-0.2, 0) is 24.1 Å². The monoisotopic (exact) mass is 522 g/mol. The number of nitrogens with two attached hydrogens (primary N) is 1. The summed E-state index contributed by atoms with van der Waals surface area (Å²) in [5, 5.41) is 33.9. The Morgan fingerprint density at radius 1 is 1.19 bits per heavy atom. The minimum Gasteiger partial charge on any atom is -0.507 e. The van der Waals surface area contributed by atoms with Crippen molar-refractivity contribution in [3.05, 3.63) is 92.5 Å². The van der Waals surface area contributed by atoms with Crippen molar-refractivity contribution >= 4 is 35.8 Å². The Kier molecular flexibility index (Phi) is 9.65. The van der Waals surface area contributed by atoms with Crippen molar-refractivity contribution in [2.45, 2.75) is 32.2 Å². The summed E-state index contributed by atoms with van der Waals surface area (Å²) in [7, 11) is 0. The maximum absolute atomic E-state index is 13.2. The number of halogens is 1. The van der Waals surface area contributed by atoms with E-state index in [1.54, 1.807) is 18.2 Å². The zero-order valence-electron chi connectivity index (χ0n) is 20.6. The number of hydrogen-bond donors (Lipinski definition) is 6.